The maximum absolute atomic E-state index is 13.4. The number of nitrogens with zero attached hydrogens (tertiary/aromatic N) is 1. The molecule has 4 rings (SSSR count). The number of hydrogen-bond donors (Lipinski definition) is 1. The van der Waals surface area contributed by atoms with Crippen LogP contribution in [0.15, 0.2) is 72.3 Å². The Morgan fingerprint density at radius 3 is 2.32 bits per heavy atom. The molecular weight excluding hydrogens is 508 g/mol. The number of ether oxygens (including phenoxy) is 3. The molecule has 8 nitrogen and oxygen atoms in total. The van der Waals surface area contributed by atoms with Crippen molar-refractivity contribution in [2.24, 2.45) is 0 Å². The first-order valence-electron chi connectivity index (χ1n) is 12.1. The minimum absolute atomic E-state index is 0.214. The number of amides is 4. The first-order chi connectivity index (χ1) is 18.4. The van der Waals surface area contributed by atoms with Gasteiger partial charge < -0.3 is 14.2 Å². The zero-order chi connectivity index (χ0) is 27.1. The van der Waals surface area contributed by atoms with E-state index in [9.17, 15) is 14.4 Å². The van der Waals surface area contributed by atoms with Crippen molar-refractivity contribution in [1.82, 2.24) is 5.32 Å². The Hall–Kier alpha value is -4.30. The van der Waals surface area contributed by atoms with Gasteiger partial charge >= 0.3 is 6.03 Å². The average molecular weight is 535 g/mol. The second-order valence-corrected chi connectivity index (χ2v) is 8.91. The third kappa shape index (κ3) is 6.33. The summed E-state index contributed by atoms with van der Waals surface area (Å²) < 4.78 is 17.0. The lowest BCUT2D eigenvalue weighted by Crippen LogP contribution is -2.54. The Kier molecular flexibility index (Phi) is 8.66. The monoisotopic (exact) mass is 534 g/mol. The van der Waals surface area contributed by atoms with Crippen LogP contribution >= 0.6 is 11.6 Å². The van der Waals surface area contributed by atoms with Crippen LogP contribution in [0.2, 0.25) is 5.02 Å². The topological polar surface area (TPSA) is 94.2 Å². The van der Waals surface area contributed by atoms with Crippen molar-refractivity contribution in [2.45, 2.75) is 26.4 Å². The van der Waals surface area contributed by atoms with Crippen LogP contribution in [0.1, 0.15) is 30.9 Å². The SMILES string of the molecule is CCCCOc1ccc(N2C(=O)NC(=O)/C(=C/c3ccc(OC)cc3OCc3ccc(Cl)cc3)C2=O)cc1. The van der Waals surface area contributed by atoms with Crippen molar-refractivity contribution in [1.29, 1.82) is 0 Å². The second-order valence-electron chi connectivity index (χ2n) is 8.47. The van der Waals surface area contributed by atoms with E-state index in [2.05, 4.69) is 12.2 Å². The van der Waals surface area contributed by atoms with E-state index in [-0.39, 0.29) is 12.2 Å². The van der Waals surface area contributed by atoms with Gasteiger partial charge in [-0.3, -0.25) is 14.9 Å². The predicted octanol–water partition coefficient (Wildman–Crippen LogP) is 5.77. The number of anilines is 1. The number of urea groups is 1. The summed E-state index contributed by atoms with van der Waals surface area (Å²) >= 11 is 5.96. The number of methoxy groups -OCH3 is 1. The number of carbonyl (C=O) groups is 3. The number of benzene rings is 3. The summed E-state index contributed by atoms with van der Waals surface area (Å²) in [6.07, 6.45) is 3.32. The molecule has 0 aromatic heterocycles. The highest BCUT2D eigenvalue weighted by Crippen LogP contribution is 2.30. The van der Waals surface area contributed by atoms with Gasteiger partial charge in [-0.2, -0.15) is 0 Å². The molecule has 0 bridgehead atoms. The van der Waals surface area contributed by atoms with Gasteiger partial charge in [-0.25, -0.2) is 9.69 Å². The third-order valence-electron chi connectivity index (χ3n) is 5.79. The zero-order valence-corrected chi connectivity index (χ0v) is 21.8. The molecule has 3 aromatic rings. The van der Waals surface area contributed by atoms with E-state index >= 15 is 0 Å². The van der Waals surface area contributed by atoms with Gasteiger partial charge in [0.05, 0.1) is 19.4 Å². The van der Waals surface area contributed by atoms with Crippen LogP contribution < -0.4 is 24.4 Å². The summed E-state index contributed by atoms with van der Waals surface area (Å²) in [6, 6.07) is 17.9. The summed E-state index contributed by atoms with van der Waals surface area (Å²) in [6.45, 7) is 2.86. The van der Waals surface area contributed by atoms with E-state index in [0.29, 0.717) is 40.1 Å². The van der Waals surface area contributed by atoms with Crippen LogP contribution in [0.4, 0.5) is 10.5 Å². The largest absolute Gasteiger partial charge is 0.497 e. The van der Waals surface area contributed by atoms with Crippen molar-refractivity contribution in [3.63, 3.8) is 0 Å². The lowest BCUT2D eigenvalue weighted by molar-refractivity contribution is -0.122. The average Bonchev–Trinajstić information content (AvgIpc) is 2.92. The summed E-state index contributed by atoms with van der Waals surface area (Å²) in [5, 5.41) is 2.85. The number of rotatable bonds is 10. The van der Waals surface area contributed by atoms with Crippen LogP contribution in [-0.2, 0) is 16.2 Å². The molecule has 4 amide bonds. The summed E-state index contributed by atoms with van der Waals surface area (Å²) in [5.74, 6) is 0.00730. The van der Waals surface area contributed by atoms with Crippen LogP contribution in [0.3, 0.4) is 0 Å². The molecule has 9 heteroatoms. The smallest absolute Gasteiger partial charge is 0.335 e. The standard InChI is InChI=1S/C29H27ClN2O6/c1-3-4-15-37-23-13-10-22(11-14-23)32-28(34)25(27(33)31-29(32)35)16-20-7-12-24(36-2)17-26(20)38-18-19-5-8-21(30)9-6-19/h5-14,16-17H,3-4,15,18H2,1-2H3,(H,31,33,35)/b25-16-. The van der Waals surface area contributed by atoms with Gasteiger partial charge in [0, 0.05) is 16.7 Å². The highest BCUT2D eigenvalue weighted by Gasteiger charge is 2.37. The number of nitrogens with one attached hydrogen (secondary N) is 1. The predicted molar refractivity (Wildman–Crippen MR) is 145 cm³/mol. The minimum Gasteiger partial charge on any atom is -0.497 e. The van der Waals surface area contributed by atoms with Crippen LogP contribution in [0.25, 0.3) is 6.08 Å². The van der Waals surface area contributed by atoms with Gasteiger partial charge in [0.2, 0.25) is 0 Å². The summed E-state index contributed by atoms with van der Waals surface area (Å²) in [5.41, 5.74) is 1.44. The molecule has 0 saturated carbocycles. The Morgan fingerprint density at radius 2 is 1.63 bits per heavy atom. The number of barbiturate groups is 1. The molecule has 38 heavy (non-hydrogen) atoms. The number of imide groups is 2. The second kappa shape index (κ2) is 12.3. The fourth-order valence-corrected chi connectivity index (χ4v) is 3.83. The minimum atomic E-state index is -0.828. The van der Waals surface area contributed by atoms with Gasteiger partial charge in [-0.1, -0.05) is 37.1 Å². The van der Waals surface area contributed by atoms with Gasteiger partial charge in [0.25, 0.3) is 11.8 Å². The quantitative estimate of drug-likeness (QED) is 0.201. The molecule has 3 aromatic carbocycles. The van der Waals surface area contributed by atoms with Gasteiger partial charge in [-0.05, 0) is 66.6 Å². The summed E-state index contributed by atoms with van der Waals surface area (Å²) in [7, 11) is 1.53. The van der Waals surface area contributed by atoms with Crippen molar-refractivity contribution in [3.05, 3.63) is 88.5 Å². The number of halogens is 1. The molecule has 0 aliphatic carbocycles. The maximum Gasteiger partial charge on any atom is 0.335 e. The van der Waals surface area contributed by atoms with E-state index in [1.165, 1.54) is 13.2 Å². The molecular formula is C29H27ClN2O6. The van der Waals surface area contributed by atoms with Crippen LogP contribution in [0.5, 0.6) is 17.2 Å². The zero-order valence-electron chi connectivity index (χ0n) is 21.0. The van der Waals surface area contributed by atoms with Crippen LogP contribution in [0, 0.1) is 0 Å². The highest BCUT2D eigenvalue weighted by atomic mass is 35.5. The van der Waals surface area contributed by atoms with Crippen molar-refractivity contribution >= 4 is 41.2 Å². The van der Waals surface area contributed by atoms with Gasteiger partial charge in [0.15, 0.2) is 0 Å². The van der Waals surface area contributed by atoms with E-state index in [4.69, 9.17) is 25.8 Å². The van der Waals surface area contributed by atoms with Crippen LogP contribution in [-0.4, -0.2) is 31.6 Å². The lowest BCUT2D eigenvalue weighted by atomic mass is 10.1. The molecule has 196 valence electrons. The molecule has 1 fully saturated rings. The highest BCUT2D eigenvalue weighted by molar-refractivity contribution is 6.39. The summed E-state index contributed by atoms with van der Waals surface area (Å²) in [4.78, 5) is 39.6. The molecule has 1 N–H and O–H groups in total. The van der Waals surface area contributed by atoms with Crippen molar-refractivity contribution in [2.75, 3.05) is 18.6 Å². The fourth-order valence-electron chi connectivity index (χ4n) is 3.70. The molecule has 0 radical (unpaired) electrons. The molecule has 0 unspecified atom stereocenters. The Morgan fingerprint density at radius 1 is 0.921 bits per heavy atom. The molecule has 1 aliphatic rings. The number of hydrogen-bond acceptors (Lipinski definition) is 6. The van der Waals surface area contributed by atoms with E-state index < -0.39 is 17.8 Å². The lowest BCUT2D eigenvalue weighted by Gasteiger charge is -2.26. The third-order valence-corrected chi connectivity index (χ3v) is 6.04. The Bertz CT molecular complexity index is 1350. The van der Waals surface area contributed by atoms with Gasteiger partial charge in [0.1, 0.15) is 29.4 Å². The number of unbranched alkanes of at least 4 members (excludes halogenated alkanes) is 1. The van der Waals surface area contributed by atoms with E-state index in [1.807, 2.05) is 12.1 Å². The Balaban J connectivity index is 1.60. The van der Waals surface area contributed by atoms with E-state index in [0.717, 1.165) is 23.3 Å². The molecule has 1 heterocycles. The fraction of sp³-hybridized carbons (Fsp3) is 0.207. The van der Waals surface area contributed by atoms with Crippen molar-refractivity contribution < 1.29 is 28.6 Å². The van der Waals surface area contributed by atoms with E-state index in [1.54, 1.807) is 54.6 Å². The normalized spacial score (nSPS) is 14.4. The molecule has 0 spiro atoms. The molecule has 1 saturated heterocycles. The molecule has 1 aliphatic heterocycles. The first-order valence-corrected chi connectivity index (χ1v) is 12.5. The Labute approximate surface area is 225 Å². The first kappa shape index (κ1) is 26.8. The van der Waals surface area contributed by atoms with Crippen molar-refractivity contribution in [3.8, 4) is 17.2 Å². The van der Waals surface area contributed by atoms with Gasteiger partial charge in [-0.15, -0.1) is 0 Å². The molecule has 0 atom stereocenters. The maximum atomic E-state index is 13.4. The number of carbonyl (C=O) groups excluding carboxylic acids is 3.